The van der Waals surface area contributed by atoms with Gasteiger partial charge in [-0.2, -0.15) is 0 Å². The summed E-state index contributed by atoms with van der Waals surface area (Å²) in [6.07, 6.45) is 4.17. The highest BCUT2D eigenvalue weighted by atomic mass is 16.5. The van der Waals surface area contributed by atoms with E-state index in [1.54, 1.807) is 0 Å². The first-order valence-electron chi connectivity index (χ1n) is 6.72. The lowest BCUT2D eigenvalue weighted by Crippen LogP contribution is -2.00. The van der Waals surface area contributed by atoms with Crippen molar-refractivity contribution in [3.8, 4) is 5.75 Å². The predicted molar refractivity (Wildman–Crippen MR) is 79.1 cm³/mol. The second kappa shape index (κ2) is 6.28. The van der Waals surface area contributed by atoms with Gasteiger partial charge in [-0.25, -0.2) is 4.79 Å². The van der Waals surface area contributed by atoms with Crippen LogP contribution in [0.1, 0.15) is 20.3 Å². The Bertz CT molecular complexity index is 640. The molecule has 0 fully saturated rings. The molecule has 2 aromatic rings. The summed E-state index contributed by atoms with van der Waals surface area (Å²) in [6, 6.07) is 7.94. The summed E-state index contributed by atoms with van der Waals surface area (Å²) in [7, 11) is 0. The number of hydrogen-bond donors (Lipinski definition) is 1. The van der Waals surface area contributed by atoms with E-state index in [1.807, 2.05) is 42.0 Å². The lowest BCUT2D eigenvalue weighted by molar-refractivity contribution is -0.131. The fourth-order valence-corrected chi connectivity index (χ4v) is 2.20. The molecule has 0 bridgehead atoms. The Kier molecular flexibility index (Phi) is 4.45. The molecule has 2 rings (SSSR count). The Labute approximate surface area is 118 Å². The molecule has 0 saturated carbocycles. The summed E-state index contributed by atoms with van der Waals surface area (Å²) in [5.41, 5.74) is 1.85. The Balaban J connectivity index is 2.30. The van der Waals surface area contributed by atoms with E-state index in [9.17, 15) is 4.79 Å². The zero-order chi connectivity index (χ0) is 14.5. The van der Waals surface area contributed by atoms with E-state index in [4.69, 9.17) is 9.84 Å². The van der Waals surface area contributed by atoms with Crippen molar-refractivity contribution in [3.05, 3.63) is 42.1 Å². The summed E-state index contributed by atoms with van der Waals surface area (Å²) in [6.45, 7) is 5.15. The van der Waals surface area contributed by atoms with Gasteiger partial charge < -0.3 is 14.4 Å². The van der Waals surface area contributed by atoms with Gasteiger partial charge in [-0.3, -0.25) is 0 Å². The average molecular weight is 273 g/mol. The maximum Gasteiger partial charge on any atom is 0.328 e. The molecule has 106 valence electrons. The van der Waals surface area contributed by atoms with E-state index in [0.29, 0.717) is 13.2 Å². The van der Waals surface area contributed by atoms with Gasteiger partial charge in [0.2, 0.25) is 0 Å². The van der Waals surface area contributed by atoms with Crippen LogP contribution in [0.2, 0.25) is 0 Å². The number of carboxylic acids is 1. The number of aliphatic carboxylic acids is 1. The predicted octanol–water partition coefficient (Wildman–Crippen LogP) is 3.46. The third-order valence-electron chi connectivity index (χ3n) is 3.02. The number of rotatable bonds is 6. The van der Waals surface area contributed by atoms with Gasteiger partial charge >= 0.3 is 5.97 Å². The van der Waals surface area contributed by atoms with Gasteiger partial charge in [-0.1, -0.05) is 13.0 Å². The summed E-state index contributed by atoms with van der Waals surface area (Å²) in [5.74, 6) is -0.0334. The maximum atomic E-state index is 10.7. The van der Waals surface area contributed by atoms with E-state index in [1.165, 1.54) is 6.08 Å². The Morgan fingerprint density at radius 2 is 2.20 bits per heavy atom. The number of carbonyl (C=O) groups is 1. The minimum absolute atomic E-state index is 0.563. The molecule has 0 radical (unpaired) electrons. The standard InChI is InChI=1S/C16H19NO3/c1-3-9-20-15-6-4-5-14-13(15)7-8-17(14)11-12(2)10-16(18)19/h4-8,10H,3,9,11H2,1-2H3,(H,18,19)/b12-10+. The first-order chi connectivity index (χ1) is 9.61. The molecule has 0 aliphatic carbocycles. The van der Waals surface area contributed by atoms with Gasteiger partial charge in [-0.15, -0.1) is 0 Å². The van der Waals surface area contributed by atoms with Crippen LogP contribution in [0.5, 0.6) is 5.75 Å². The summed E-state index contributed by atoms with van der Waals surface area (Å²) < 4.78 is 7.76. The van der Waals surface area contributed by atoms with Crippen molar-refractivity contribution in [1.29, 1.82) is 0 Å². The zero-order valence-corrected chi connectivity index (χ0v) is 11.8. The van der Waals surface area contributed by atoms with Crippen LogP contribution >= 0.6 is 0 Å². The van der Waals surface area contributed by atoms with E-state index >= 15 is 0 Å². The largest absolute Gasteiger partial charge is 0.493 e. The molecular weight excluding hydrogens is 254 g/mol. The molecule has 0 spiro atoms. The summed E-state index contributed by atoms with van der Waals surface area (Å²) in [4.78, 5) is 10.7. The SMILES string of the molecule is CCCOc1cccc2c1ccn2C/C(C)=C/C(=O)O. The normalized spacial score (nSPS) is 11.8. The van der Waals surface area contributed by atoms with E-state index in [-0.39, 0.29) is 0 Å². The van der Waals surface area contributed by atoms with Gasteiger partial charge in [0.05, 0.1) is 12.1 Å². The van der Waals surface area contributed by atoms with Gasteiger partial charge in [0.25, 0.3) is 0 Å². The lowest BCUT2D eigenvalue weighted by Gasteiger charge is -2.08. The van der Waals surface area contributed by atoms with Gasteiger partial charge in [0.1, 0.15) is 5.75 Å². The molecule has 4 nitrogen and oxygen atoms in total. The van der Waals surface area contributed by atoms with E-state index < -0.39 is 5.97 Å². The highest BCUT2D eigenvalue weighted by Gasteiger charge is 2.07. The van der Waals surface area contributed by atoms with Gasteiger partial charge in [-0.05, 0) is 37.1 Å². The molecule has 1 N–H and O–H groups in total. The van der Waals surface area contributed by atoms with Crippen LogP contribution < -0.4 is 4.74 Å². The van der Waals surface area contributed by atoms with Crippen LogP contribution in [0.25, 0.3) is 10.9 Å². The molecule has 0 amide bonds. The zero-order valence-electron chi connectivity index (χ0n) is 11.8. The van der Waals surface area contributed by atoms with Crippen molar-refractivity contribution in [1.82, 2.24) is 4.57 Å². The minimum atomic E-state index is -0.911. The Hall–Kier alpha value is -2.23. The van der Waals surface area contributed by atoms with Crippen LogP contribution in [-0.4, -0.2) is 22.2 Å². The smallest absolute Gasteiger partial charge is 0.328 e. The maximum absolute atomic E-state index is 10.7. The van der Waals surface area contributed by atoms with Crippen molar-refractivity contribution in [2.75, 3.05) is 6.61 Å². The molecule has 4 heteroatoms. The minimum Gasteiger partial charge on any atom is -0.493 e. The second-order valence-corrected chi connectivity index (χ2v) is 4.81. The molecular formula is C16H19NO3. The van der Waals surface area contributed by atoms with Crippen molar-refractivity contribution in [2.24, 2.45) is 0 Å². The number of carboxylic acid groups (broad SMARTS) is 1. The van der Waals surface area contributed by atoms with Crippen molar-refractivity contribution < 1.29 is 14.6 Å². The third-order valence-corrected chi connectivity index (χ3v) is 3.02. The Morgan fingerprint density at radius 3 is 2.90 bits per heavy atom. The number of benzene rings is 1. The Morgan fingerprint density at radius 1 is 1.40 bits per heavy atom. The van der Waals surface area contributed by atoms with Crippen molar-refractivity contribution in [2.45, 2.75) is 26.8 Å². The highest BCUT2D eigenvalue weighted by Crippen LogP contribution is 2.27. The van der Waals surface area contributed by atoms with Crippen LogP contribution in [0.15, 0.2) is 42.1 Å². The molecule has 1 aromatic carbocycles. The topological polar surface area (TPSA) is 51.5 Å². The summed E-state index contributed by atoms with van der Waals surface area (Å²) >= 11 is 0. The molecule has 0 aliphatic rings. The van der Waals surface area contributed by atoms with Crippen LogP contribution in [0.4, 0.5) is 0 Å². The number of aromatic nitrogens is 1. The number of allylic oxidation sites excluding steroid dienone is 1. The third kappa shape index (κ3) is 3.20. The molecule has 0 aliphatic heterocycles. The molecule has 0 saturated heterocycles. The fourth-order valence-electron chi connectivity index (χ4n) is 2.20. The molecule has 1 aromatic heterocycles. The fraction of sp³-hybridized carbons (Fsp3) is 0.312. The van der Waals surface area contributed by atoms with Crippen molar-refractivity contribution >= 4 is 16.9 Å². The lowest BCUT2D eigenvalue weighted by atomic mass is 10.2. The molecule has 1 heterocycles. The molecule has 0 unspecified atom stereocenters. The van der Waals surface area contributed by atoms with Gasteiger partial charge in [0, 0.05) is 24.2 Å². The van der Waals surface area contributed by atoms with Gasteiger partial charge in [0.15, 0.2) is 0 Å². The number of nitrogens with zero attached hydrogens (tertiary/aromatic N) is 1. The van der Waals surface area contributed by atoms with Crippen LogP contribution in [-0.2, 0) is 11.3 Å². The van der Waals surface area contributed by atoms with E-state index in [0.717, 1.165) is 28.6 Å². The quantitative estimate of drug-likeness (QED) is 0.820. The summed E-state index contributed by atoms with van der Waals surface area (Å²) in [5, 5.41) is 9.82. The average Bonchev–Trinajstić information content (AvgIpc) is 2.79. The van der Waals surface area contributed by atoms with Crippen LogP contribution in [0.3, 0.4) is 0 Å². The highest BCUT2D eigenvalue weighted by molar-refractivity contribution is 5.86. The monoisotopic (exact) mass is 273 g/mol. The van der Waals surface area contributed by atoms with Crippen molar-refractivity contribution in [3.63, 3.8) is 0 Å². The van der Waals surface area contributed by atoms with E-state index in [2.05, 4.69) is 6.92 Å². The number of ether oxygens (including phenoxy) is 1. The number of fused-ring (bicyclic) bond motifs is 1. The first kappa shape index (κ1) is 14.2. The second-order valence-electron chi connectivity index (χ2n) is 4.81. The van der Waals surface area contributed by atoms with Crippen LogP contribution in [0, 0.1) is 0 Å². The first-order valence-corrected chi connectivity index (χ1v) is 6.72. The number of hydrogen-bond acceptors (Lipinski definition) is 2. The molecule has 0 atom stereocenters. The molecule has 20 heavy (non-hydrogen) atoms.